The van der Waals surface area contributed by atoms with Gasteiger partial charge in [0.05, 0.1) is 0 Å². The second-order valence-corrected chi connectivity index (χ2v) is 4.06. The number of aromatic nitrogens is 2. The summed E-state index contributed by atoms with van der Waals surface area (Å²) in [6.07, 6.45) is -4.44. The van der Waals surface area contributed by atoms with Gasteiger partial charge in [0.15, 0.2) is 0 Å². The number of nitrogens with zero attached hydrogens (tertiary/aromatic N) is 2. The molecule has 15 heavy (non-hydrogen) atoms. The minimum atomic E-state index is -4.44. The molecule has 0 bridgehead atoms. The topological polar surface area (TPSA) is 58.0 Å². The molecule has 8 heteroatoms. The quantitative estimate of drug-likeness (QED) is 0.840. The molecular formula is C7H10F3N3OS. The Hall–Kier alpha value is -0.890. The summed E-state index contributed by atoms with van der Waals surface area (Å²) in [6, 6.07) is 0. The van der Waals surface area contributed by atoms with Gasteiger partial charge in [0.25, 0.3) is 0 Å². The van der Waals surface area contributed by atoms with Crippen LogP contribution < -0.4 is 5.32 Å². The van der Waals surface area contributed by atoms with Gasteiger partial charge in [0.1, 0.15) is 0 Å². The molecule has 86 valence electrons. The summed E-state index contributed by atoms with van der Waals surface area (Å²) in [5.41, 5.74) is 0. The van der Waals surface area contributed by atoms with Crippen LogP contribution in [-0.4, -0.2) is 28.5 Å². The van der Waals surface area contributed by atoms with Crippen molar-refractivity contribution in [1.82, 2.24) is 10.2 Å². The molecule has 1 heterocycles. The maximum absolute atomic E-state index is 12.1. The van der Waals surface area contributed by atoms with E-state index in [2.05, 4.69) is 15.5 Å². The first-order valence-electron chi connectivity index (χ1n) is 4.19. The molecule has 0 amide bonds. The number of aliphatic hydroxyl groups excluding tert-OH is 1. The van der Waals surface area contributed by atoms with Gasteiger partial charge in [-0.2, -0.15) is 13.2 Å². The highest BCUT2D eigenvalue weighted by Crippen LogP contribution is 2.32. The standard InChI is InChI=1S/C7H10F3N3OS/c1-4(3-14)2-11-6-13-12-5(15-6)7(8,9)10/h4,14H,2-3H2,1H3,(H,11,13). The lowest BCUT2D eigenvalue weighted by Crippen LogP contribution is -2.14. The molecule has 0 saturated carbocycles. The second-order valence-electron chi connectivity index (χ2n) is 3.08. The molecule has 0 fully saturated rings. The van der Waals surface area contributed by atoms with E-state index in [1.807, 2.05) is 0 Å². The third-order valence-corrected chi connectivity index (χ3v) is 2.51. The maximum Gasteiger partial charge on any atom is 0.445 e. The van der Waals surface area contributed by atoms with Gasteiger partial charge in [-0.3, -0.25) is 0 Å². The van der Waals surface area contributed by atoms with Crippen molar-refractivity contribution in [3.63, 3.8) is 0 Å². The molecule has 0 aliphatic rings. The molecule has 1 aromatic rings. The Bertz CT molecular complexity index is 315. The van der Waals surface area contributed by atoms with E-state index in [0.29, 0.717) is 17.9 Å². The molecule has 0 spiro atoms. The Morgan fingerprint density at radius 1 is 1.47 bits per heavy atom. The molecule has 0 aliphatic heterocycles. The summed E-state index contributed by atoms with van der Waals surface area (Å²) < 4.78 is 36.3. The number of hydrogen-bond donors (Lipinski definition) is 2. The molecule has 1 unspecified atom stereocenters. The Morgan fingerprint density at radius 3 is 2.60 bits per heavy atom. The third-order valence-electron chi connectivity index (χ3n) is 1.58. The van der Waals surface area contributed by atoms with Gasteiger partial charge in [0, 0.05) is 13.2 Å². The van der Waals surface area contributed by atoms with Gasteiger partial charge in [-0.05, 0) is 5.92 Å². The number of anilines is 1. The van der Waals surface area contributed by atoms with Crippen molar-refractivity contribution in [3.8, 4) is 0 Å². The summed E-state index contributed by atoms with van der Waals surface area (Å²) in [7, 11) is 0. The number of nitrogens with one attached hydrogen (secondary N) is 1. The lowest BCUT2D eigenvalue weighted by atomic mass is 10.2. The van der Waals surface area contributed by atoms with Gasteiger partial charge in [-0.15, -0.1) is 10.2 Å². The molecule has 0 aromatic carbocycles. The summed E-state index contributed by atoms with van der Waals surface area (Å²) >= 11 is 0.452. The zero-order valence-corrected chi connectivity index (χ0v) is 8.69. The molecule has 2 N–H and O–H groups in total. The van der Waals surface area contributed by atoms with E-state index >= 15 is 0 Å². The first-order chi connectivity index (χ1) is 6.93. The van der Waals surface area contributed by atoms with Crippen LogP contribution in [0.3, 0.4) is 0 Å². The summed E-state index contributed by atoms with van der Waals surface area (Å²) in [4.78, 5) is 0. The predicted molar refractivity (Wildman–Crippen MR) is 49.7 cm³/mol. The van der Waals surface area contributed by atoms with Gasteiger partial charge in [-0.1, -0.05) is 18.3 Å². The monoisotopic (exact) mass is 241 g/mol. The van der Waals surface area contributed by atoms with E-state index in [0.717, 1.165) is 0 Å². The van der Waals surface area contributed by atoms with E-state index in [1.165, 1.54) is 0 Å². The summed E-state index contributed by atoms with van der Waals surface area (Å²) in [5, 5.41) is 16.9. The number of halogens is 3. The largest absolute Gasteiger partial charge is 0.445 e. The van der Waals surface area contributed by atoms with Crippen LogP contribution in [0.25, 0.3) is 0 Å². The fourth-order valence-corrected chi connectivity index (χ4v) is 1.35. The highest BCUT2D eigenvalue weighted by molar-refractivity contribution is 7.15. The molecule has 4 nitrogen and oxygen atoms in total. The zero-order chi connectivity index (χ0) is 11.5. The Kier molecular flexibility index (Phi) is 3.86. The van der Waals surface area contributed by atoms with Crippen LogP contribution in [0.2, 0.25) is 0 Å². The SMILES string of the molecule is CC(CO)CNc1nnc(C(F)(F)F)s1. The van der Waals surface area contributed by atoms with Crippen LogP contribution in [-0.2, 0) is 6.18 Å². The van der Waals surface area contributed by atoms with Crippen molar-refractivity contribution in [3.05, 3.63) is 5.01 Å². The molecule has 1 rings (SSSR count). The van der Waals surface area contributed by atoms with E-state index in [4.69, 9.17) is 5.11 Å². The van der Waals surface area contributed by atoms with E-state index < -0.39 is 11.2 Å². The Morgan fingerprint density at radius 2 is 2.13 bits per heavy atom. The van der Waals surface area contributed by atoms with Crippen molar-refractivity contribution in [1.29, 1.82) is 0 Å². The number of aliphatic hydroxyl groups is 1. The highest BCUT2D eigenvalue weighted by atomic mass is 32.1. The van der Waals surface area contributed by atoms with E-state index in [1.54, 1.807) is 6.92 Å². The predicted octanol–water partition coefficient (Wildman–Crippen LogP) is 1.60. The van der Waals surface area contributed by atoms with Gasteiger partial charge < -0.3 is 10.4 Å². The molecular weight excluding hydrogens is 231 g/mol. The van der Waals surface area contributed by atoms with Gasteiger partial charge >= 0.3 is 6.18 Å². The van der Waals surface area contributed by atoms with Crippen molar-refractivity contribution in [2.45, 2.75) is 13.1 Å². The van der Waals surface area contributed by atoms with E-state index in [9.17, 15) is 13.2 Å². The lowest BCUT2D eigenvalue weighted by Gasteiger charge is -2.06. The molecule has 1 atom stereocenters. The Balaban J connectivity index is 2.54. The van der Waals surface area contributed by atoms with Crippen LogP contribution >= 0.6 is 11.3 Å². The maximum atomic E-state index is 12.1. The van der Waals surface area contributed by atoms with Crippen LogP contribution in [0.4, 0.5) is 18.3 Å². The minimum absolute atomic E-state index is 0.0298. The van der Waals surface area contributed by atoms with Gasteiger partial charge in [0.2, 0.25) is 10.1 Å². The van der Waals surface area contributed by atoms with Gasteiger partial charge in [-0.25, -0.2) is 0 Å². The lowest BCUT2D eigenvalue weighted by molar-refractivity contribution is -0.138. The molecule has 0 aliphatic carbocycles. The molecule has 1 aromatic heterocycles. The fraction of sp³-hybridized carbons (Fsp3) is 0.714. The van der Waals surface area contributed by atoms with Crippen LogP contribution in [0.15, 0.2) is 0 Å². The van der Waals surface area contributed by atoms with Crippen molar-refractivity contribution in [2.75, 3.05) is 18.5 Å². The van der Waals surface area contributed by atoms with Crippen molar-refractivity contribution < 1.29 is 18.3 Å². The Labute approximate surface area is 88.1 Å². The van der Waals surface area contributed by atoms with Crippen molar-refractivity contribution in [2.24, 2.45) is 5.92 Å². The third kappa shape index (κ3) is 3.63. The average Bonchev–Trinajstić information content (AvgIpc) is 2.61. The van der Waals surface area contributed by atoms with Crippen LogP contribution in [0, 0.1) is 5.92 Å². The molecule has 0 radical (unpaired) electrons. The summed E-state index contributed by atoms with van der Waals surface area (Å²) in [5.74, 6) is -0.0387. The number of rotatable bonds is 4. The normalized spacial score (nSPS) is 13.9. The smallest absolute Gasteiger partial charge is 0.396 e. The minimum Gasteiger partial charge on any atom is -0.396 e. The first-order valence-corrected chi connectivity index (χ1v) is 5.00. The fourth-order valence-electron chi connectivity index (χ4n) is 0.735. The summed E-state index contributed by atoms with van der Waals surface area (Å²) in [6.45, 7) is 2.10. The zero-order valence-electron chi connectivity index (χ0n) is 7.88. The average molecular weight is 241 g/mol. The van der Waals surface area contributed by atoms with Crippen LogP contribution in [0.1, 0.15) is 11.9 Å². The highest BCUT2D eigenvalue weighted by Gasteiger charge is 2.35. The number of alkyl halides is 3. The van der Waals surface area contributed by atoms with E-state index in [-0.39, 0.29) is 17.7 Å². The van der Waals surface area contributed by atoms with Crippen molar-refractivity contribution >= 4 is 16.5 Å². The number of hydrogen-bond acceptors (Lipinski definition) is 5. The second kappa shape index (κ2) is 4.75. The first kappa shape index (κ1) is 12.2. The molecule has 0 saturated heterocycles. The van der Waals surface area contributed by atoms with Crippen LogP contribution in [0.5, 0.6) is 0 Å².